The van der Waals surface area contributed by atoms with Crippen molar-refractivity contribution >= 4 is 55.8 Å². The average molecular weight is 428 g/mol. The van der Waals surface area contributed by atoms with Gasteiger partial charge in [0.15, 0.2) is 5.13 Å². The van der Waals surface area contributed by atoms with Crippen LogP contribution in [0.1, 0.15) is 21.6 Å². The van der Waals surface area contributed by atoms with E-state index < -0.39 is 0 Å². The molecule has 0 bridgehead atoms. The summed E-state index contributed by atoms with van der Waals surface area (Å²) in [4.78, 5) is 24.0. The van der Waals surface area contributed by atoms with Crippen molar-refractivity contribution < 1.29 is 4.79 Å². The molecule has 0 spiro atoms. The summed E-state index contributed by atoms with van der Waals surface area (Å²) < 4.78 is 0.974. The first-order chi connectivity index (χ1) is 13.5. The smallest absolute Gasteiger partial charge is 0.260 e. The number of rotatable bonds is 4. The van der Waals surface area contributed by atoms with Crippen LogP contribution in [0.15, 0.2) is 60.8 Å². The van der Waals surface area contributed by atoms with Crippen molar-refractivity contribution in [3.63, 3.8) is 0 Å². The van der Waals surface area contributed by atoms with Gasteiger partial charge in [0.25, 0.3) is 5.91 Å². The third kappa shape index (κ3) is 3.74. The van der Waals surface area contributed by atoms with Gasteiger partial charge in [-0.15, -0.1) is 0 Å². The summed E-state index contributed by atoms with van der Waals surface area (Å²) in [5, 5.41) is 1.76. The van der Waals surface area contributed by atoms with Gasteiger partial charge in [0.05, 0.1) is 22.5 Å². The van der Waals surface area contributed by atoms with E-state index in [1.807, 2.05) is 37.3 Å². The molecular formula is C21H15Cl2N3OS. The van der Waals surface area contributed by atoms with Crippen molar-refractivity contribution in [3.05, 3.63) is 87.7 Å². The van der Waals surface area contributed by atoms with Gasteiger partial charge in [-0.3, -0.25) is 14.7 Å². The van der Waals surface area contributed by atoms with Gasteiger partial charge >= 0.3 is 0 Å². The molecule has 4 nitrogen and oxygen atoms in total. The minimum atomic E-state index is -0.184. The molecule has 4 aromatic rings. The number of amides is 1. The highest BCUT2D eigenvalue weighted by Crippen LogP contribution is 2.34. The number of carbonyl (C=O) groups is 1. The zero-order valence-electron chi connectivity index (χ0n) is 14.9. The Bertz CT molecular complexity index is 1160. The average Bonchev–Trinajstić information content (AvgIpc) is 3.14. The van der Waals surface area contributed by atoms with Crippen LogP contribution in [0.25, 0.3) is 10.2 Å². The van der Waals surface area contributed by atoms with Crippen LogP contribution >= 0.6 is 34.5 Å². The Morgan fingerprint density at radius 3 is 2.71 bits per heavy atom. The predicted octanol–water partition coefficient (Wildman–Crippen LogP) is 6.15. The number of aryl methyl sites for hydroxylation is 1. The first-order valence-corrected chi connectivity index (χ1v) is 10.1. The van der Waals surface area contributed by atoms with Crippen molar-refractivity contribution in [2.75, 3.05) is 4.90 Å². The van der Waals surface area contributed by atoms with E-state index >= 15 is 0 Å². The molecule has 0 radical (unpaired) electrons. The van der Waals surface area contributed by atoms with Crippen molar-refractivity contribution in [2.24, 2.45) is 0 Å². The fraction of sp³-hybridized carbons (Fsp3) is 0.0952. The van der Waals surface area contributed by atoms with Gasteiger partial charge in [-0.05, 0) is 55.0 Å². The van der Waals surface area contributed by atoms with Crippen LogP contribution in [-0.4, -0.2) is 15.9 Å². The van der Waals surface area contributed by atoms with E-state index in [0.717, 1.165) is 21.5 Å². The molecule has 2 heterocycles. The molecule has 2 aromatic heterocycles. The summed E-state index contributed by atoms with van der Waals surface area (Å²) in [5.41, 5.74) is 2.97. The van der Waals surface area contributed by atoms with Crippen molar-refractivity contribution in [1.82, 2.24) is 9.97 Å². The number of benzene rings is 2. The van der Waals surface area contributed by atoms with Gasteiger partial charge in [0, 0.05) is 21.8 Å². The molecule has 0 fully saturated rings. The highest BCUT2D eigenvalue weighted by molar-refractivity contribution is 7.22. The topological polar surface area (TPSA) is 46.1 Å². The third-order valence-electron chi connectivity index (χ3n) is 4.33. The van der Waals surface area contributed by atoms with Crippen LogP contribution in [0.2, 0.25) is 10.0 Å². The van der Waals surface area contributed by atoms with Gasteiger partial charge in [-0.25, -0.2) is 4.98 Å². The maximum atomic E-state index is 13.3. The van der Waals surface area contributed by atoms with Crippen LogP contribution in [0.3, 0.4) is 0 Å². The molecule has 0 unspecified atom stereocenters. The maximum Gasteiger partial charge on any atom is 0.260 e. The minimum Gasteiger partial charge on any atom is -0.278 e. The molecular weight excluding hydrogens is 413 g/mol. The van der Waals surface area contributed by atoms with Crippen LogP contribution < -0.4 is 4.90 Å². The number of halogens is 2. The van der Waals surface area contributed by atoms with Crippen LogP contribution in [0.5, 0.6) is 0 Å². The standard InChI is InChI=1S/C21H15Cl2N3OS/c1-13-17(23)8-9-18-19(13)25-21(28-18)26(12-16-7-2-3-10-24-16)20(27)14-5-4-6-15(22)11-14/h2-11H,12H2,1H3. The fourth-order valence-electron chi connectivity index (χ4n) is 2.86. The van der Waals surface area contributed by atoms with E-state index in [-0.39, 0.29) is 5.91 Å². The van der Waals surface area contributed by atoms with E-state index in [1.54, 1.807) is 35.4 Å². The Kier molecular flexibility index (Phi) is 5.31. The molecule has 0 aliphatic heterocycles. The van der Waals surface area contributed by atoms with Gasteiger partial charge in [-0.2, -0.15) is 0 Å². The molecule has 0 saturated carbocycles. The number of thiazole rings is 1. The summed E-state index contributed by atoms with van der Waals surface area (Å²) in [5.74, 6) is -0.184. The number of pyridine rings is 1. The highest BCUT2D eigenvalue weighted by atomic mass is 35.5. The Morgan fingerprint density at radius 2 is 1.96 bits per heavy atom. The zero-order chi connectivity index (χ0) is 19.7. The van der Waals surface area contributed by atoms with Gasteiger partial charge in [0.2, 0.25) is 0 Å². The lowest BCUT2D eigenvalue weighted by Gasteiger charge is -2.19. The van der Waals surface area contributed by atoms with Gasteiger partial charge < -0.3 is 0 Å². The summed E-state index contributed by atoms with van der Waals surface area (Å²) in [6.45, 7) is 2.23. The maximum absolute atomic E-state index is 13.3. The lowest BCUT2D eigenvalue weighted by molar-refractivity contribution is 0.0985. The first kappa shape index (κ1) is 18.9. The number of hydrogen-bond donors (Lipinski definition) is 0. The molecule has 0 atom stereocenters. The highest BCUT2D eigenvalue weighted by Gasteiger charge is 2.23. The SMILES string of the molecule is Cc1c(Cl)ccc2sc(N(Cc3ccccn3)C(=O)c3cccc(Cl)c3)nc12. The molecule has 1 amide bonds. The second kappa shape index (κ2) is 7.87. The summed E-state index contributed by atoms with van der Waals surface area (Å²) in [6, 6.07) is 16.3. The molecule has 7 heteroatoms. The molecule has 0 aliphatic carbocycles. The van der Waals surface area contributed by atoms with Gasteiger partial charge in [0.1, 0.15) is 0 Å². The largest absolute Gasteiger partial charge is 0.278 e. The lowest BCUT2D eigenvalue weighted by atomic mass is 10.2. The van der Waals surface area contributed by atoms with E-state index in [0.29, 0.717) is 27.3 Å². The van der Waals surface area contributed by atoms with Crippen molar-refractivity contribution in [2.45, 2.75) is 13.5 Å². The van der Waals surface area contributed by atoms with E-state index in [2.05, 4.69) is 4.98 Å². The first-order valence-electron chi connectivity index (χ1n) is 8.56. The Balaban J connectivity index is 1.80. The van der Waals surface area contributed by atoms with Crippen LogP contribution in [-0.2, 0) is 6.54 Å². The Hall–Kier alpha value is -2.47. The minimum absolute atomic E-state index is 0.184. The normalized spacial score (nSPS) is 11.0. The summed E-state index contributed by atoms with van der Waals surface area (Å²) in [7, 11) is 0. The van der Waals surface area contributed by atoms with Crippen LogP contribution in [0.4, 0.5) is 5.13 Å². The molecule has 0 saturated heterocycles. The lowest BCUT2D eigenvalue weighted by Crippen LogP contribution is -2.30. The molecule has 2 aromatic carbocycles. The van der Waals surface area contributed by atoms with E-state index in [4.69, 9.17) is 28.2 Å². The third-order valence-corrected chi connectivity index (χ3v) is 6.02. The number of fused-ring (bicyclic) bond motifs is 1. The van der Waals surface area contributed by atoms with Gasteiger partial charge in [-0.1, -0.05) is 46.7 Å². The van der Waals surface area contributed by atoms with E-state index in [9.17, 15) is 4.79 Å². The molecule has 0 aliphatic rings. The Labute approximate surface area is 176 Å². The molecule has 28 heavy (non-hydrogen) atoms. The monoisotopic (exact) mass is 427 g/mol. The number of anilines is 1. The predicted molar refractivity (Wildman–Crippen MR) is 116 cm³/mol. The van der Waals surface area contributed by atoms with Crippen molar-refractivity contribution in [3.8, 4) is 0 Å². The zero-order valence-corrected chi connectivity index (χ0v) is 17.2. The van der Waals surface area contributed by atoms with E-state index in [1.165, 1.54) is 11.3 Å². The second-order valence-corrected chi connectivity index (χ2v) is 8.09. The fourth-order valence-corrected chi connectivity index (χ4v) is 4.23. The quantitative estimate of drug-likeness (QED) is 0.392. The molecule has 140 valence electrons. The summed E-state index contributed by atoms with van der Waals surface area (Å²) in [6.07, 6.45) is 1.71. The summed E-state index contributed by atoms with van der Waals surface area (Å²) >= 11 is 13.8. The van der Waals surface area contributed by atoms with Crippen molar-refractivity contribution in [1.29, 1.82) is 0 Å². The number of nitrogens with zero attached hydrogens (tertiary/aromatic N) is 3. The number of aromatic nitrogens is 2. The molecule has 4 rings (SSSR count). The van der Waals surface area contributed by atoms with Crippen LogP contribution in [0, 0.1) is 6.92 Å². The molecule has 0 N–H and O–H groups in total. The number of carbonyl (C=O) groups excluding carboxylic acids is 1. The second-order valence-electron chi connectivity index (χ2n) is 6.24. The number of hydrogen-bond acceptors (Lipinski definition) is 4. The Morgan fingerprint density at radius 1 is 1.11 bits per heavy atom.